The van der Waals surface area contributed by atoms with E-state index in [0.29, 0.717) is 17.4 Å². The first-order valence-electron chi connectivity index (χ1n) is 7.01. The minimum atomic E-state index is -0.395. The van der Waals surface area contributed by atoms with Crippen LogP contribution < -0.4 is 10.6 Å². The monoisotopic (exact) mass is 309 g/mol. The highest BCUT2D eigenvalue weighted by Crippen LogP contribution is 2.18. The lowest BCUT2D eigenvalue weighted by atomic mass is 10.2. The van der Waals surface area contributed by atoms with Crippen molar-refractivity contribution in [1.82, 2.24) is 15.1 Å². The predicted octanol–water partition coefficient (Wildman–Crippen LogP) is 3.08. The van der Waals surface area contributed by atoms with Crippen molar-refractivity contribution in [2.24, 2.45) is 0 Å². The Labute approximate surface area is 132 Å². The van der Waals surface area contributed by atoms with Crippen LogP contribution in [-0.2, 0) is 0 Å². The number of carbonyl (C=O) groups is 1. The average molecular weight is 309 g/mol. The van der Waals surface area contributed by atoms with Crippen LogP contribution in [0.4, 0.5) is 17.3 Å². The predicted molar refractivity (Wildman–Crippen MR) is 85.7 cm³/mol. The van der Waals surface area contributed by atoms with E-state index in [4.69, 9.17) is 4.52 Å². The van der Waals surface area contributed by atoms with Gasteiger partial charge in [-0.25, -0.2) is 9.97 Å². The molecular weight excluding hydrogens is 294 g/mol. The third kappa shape index (κ3) is 3.52. The first kappa shape index (κ1) is 14.7. The Morgan fingerprint density at radius 2 is 1.91 bits per heavy atom. The van der Waals surface area contributed by atoms with Crippen LogP contribution in [0.3, 0.4) is 0 Å². The topological polar surface area (TPSA) is 92.9 Å². The molecule has 7 nitrogen and oxygen atoms in total. The number of carbonyl (C=O) groups excluding carboxylic acids is 1. The first-order valence-corrected chi connectivity index (χ1v) is 7.01. The number of hydrogen-bond donors (Lipinski definition) is 2. The van der Waals surface area contributed by atoms with Crippen molar-refractivity contribution in [3.8, 4) is 0 Å². The van der Waals surface area contributed by atoms with E-state index in [1.54, 1.807) is 13.0 Å². The third-order valence-electron chi connectivity index (χ3n) is 3.16. The van der Waals surface area contributed by atoms with Gasteiger partial charge in [0.1, 0.15) is 17.3 Å². The summed E-state index contributed by atoms with van der Waals surface area (Å²) in [6.45, 7) is 3.74. The van der Waals surface area contributed by atoms with Crippen LogP contribution >= 0.6 is 0 Å². The summed E-state index contributed by atoms with van der Waals surface area (Å²) >= 11 is 0. The molecular formula is C16H15N5O2. The van der Waals surface area contributed by atoms with E-state index in [9.17, 15) is 4.79 Å². The maximum Gasteiger partial charge on any atom is 0.277 e. The van der Waals surface area contributed by atoms with Gasteiger partial charge in [0.15, 0.2) is 5.82 Å². The quantitative estimate of drug-likeness (QED) is 0.769. The number of anilines is 3. The molecule has 116 valence electrons. The fourth-order valence-corrected chi connectivity index (χ4v) is 1.97. The van der Waals surface area contributed by atoms with Crippen molar-refractivity contribution in [3.05, 3.63) is 59.7 Å². The Balaban J connectivity index is 1.69. The molecule has 23 heavy (non-hydrogen) atoms. The van der Waals surface area contributed by atoms with Crippen LogP contribution in [0.15, 0.2) is 47.2 Å². The lowest BCUT2D eigenvalue weighted by molar-refractivity contribution is 0.102. The third-order valence-corrected chi connectivity index (χ3v) is 3.16. The summed E-state index contributed by atoms with van der Waals surface area (Å²) in [6, 6.07) is 9.47. The minimum Gasteiger partial charge on any atom is -0.360 e. The van der Waals surface area contributed by atoms with Gasteiger partial charge >= 0.3 is 0 Å². The van der Waals surface area contributed by atoms with E-state index < -0.39 is 5.91 Å². The zero-order valence-electron chi connectivity index (χ0n) is 12.7. The van der Waals surface area contributed by atoms with Crippen molar-refractivity contribution in [2.75, 3.05) is 10.6 Å². The van der Waals surface area contributed by atoms with Crippen LogP contribution in [0.2, 0.25) is 0 Å². The number of benzene rings is 1. The second kappa shape index (κ2) is 6.27. The Hall–Kier alpha value is -3.22. The van der Waals surface area contributed by atoms with E-state index in [2.05, 4.69) is 25.8 Å². The van der Waals surface area contributed by atoms with Gasteiger partial charge in [-0.1, -0.05) is 23.4 Å². The summed E-state index contributed by atoms with van der Waals surface area (Å²) in [5.41, 5.74) is 2.23. The molecule has 3 rings (SSSR count). The van der Waals surface area contributed by atoms with Crippen LogP contribution in [0.25, 0.3) is 0 Å². The second-order valence-electron chi connectivity index (χ2n) is 5.00. The zero-order chi connectivity index (χ0) is 16.2. The Bertz CT molecular complexity index is 826. The number of aryl methyl sites for hydroxylation is 2. The van der Waals surface area contributed by atoms with E-state index in [-0.39, 0.29) is 5.69 Å². The molecule has 0 aliphatic rings. The molecule has 2 aromatic heterocycles. The Morgan fingerprint density at radius 3 is 2.57 bits per heavy atom. The minimum absolute atomic E-state index is 0.195. The van der Waals surface area contributed by atoms with Gasteiger partial charge in [-0.2, -0.15) is 0 Å². The van der Waals surface area contributed by atoms with Gasteiger partial charge in [-0.05, 0) is 25.5 Å². The lowest BCUT2D eigenvalue weighted by Crippen LogP contribution is -2.14. The van der Waals surface area contributed by atoms with Crippen LogP contribution in [0.5, 0.6) is 0 Å². The average Bonchev–Trinajstić information content (AvgIpc) is 2.95. The fourth-order valence-electron chi connectivity index (χ4n) is 1.97. The molecule has 2 N–H and O–H groups in total. The summed E-state index contributed by atoms with van der Waals surface area (Å²) in [7, 11) is 0. The number of rotatable bonds is 4. The van der Waals surface area contributed by atoms with Gasteiger partial charge in [0.2, 0.25) is 0 Å². The molecule has 0 atom stereocenters. The number of hydrogen-bond acceptors (Lipinski definition) is 6. The highest BCUT2D eigenvalue weighted by molar-refractivity contribution is 6.02. The molecule has 2 heterocycles. The smallest absolute Gasteiger partial charge is 0.277 e. The van der Waals surface area contributed by atoms with Gasteiger partial charge in [-0.15, -0.1) is 0 Å². The molecule has 1 aromatic carbocycles. The highest BCUT2D eigenvalue weighted by Gasteiger charge is 2.11. The van der Waals surface area contributed by atoms with Crippen molar-refractivity contribution < 1.29 is 9.32 Å². The lowest BCUT2D eigenvalue weighted by Gasteiger charge is -2.08. The molecule has 0 bridgehead atoms. The zero-order valence-corrected chi connectivity index (χ0v) is 12.7. The van der Waals surface area contributed by atoms with E-state index in [0.717, 1.165) is 11.3 Å². The molecule has 0 fully saturated rings. The van der Waals surface area contributed by atoms with Gasteiger partial charge in [0, 0.05) is 11.8 Å². The summed E-state index contributed by atoms with van der Waals surface area (Å²) in [6.07, 6.45) is 2.91. The highest BCUT2D eigenvalue weighted by atomic mass is 16.5. The molecule has 0 aliphatic heterocycles. The molecule has 0 aliphatic carbocycles. The largest absolute Gasteiger partial charge is 0.360 e. The van der Waals surface area contributed by atoms with Crippen molar-refractivity contribution in [1.29, 1.82) is 0 Å². The van der Waals surface area contributed by atoms with Crippen molar-refractivity contribution in [2.45, 2.75) is 13.8 Å². The number of nitrogens with one attached hydrogen (secondary N) is 2. The summed E-state index contributed by atoms with van der Waals surface area (Å²) in [5.74, 6) is 1.13. The molecule has 3 aromatic rings. The molecule has 0 saturated heterocycles. The SMILES string of the molecule is Cc1cc(NC(=O)c2cnc(Nc3ccccc3C)cn2)no1. The second-order valence-corrected chi connectivity index (χ2v) is 5.00. The molecule has 0 saturated carbocycles. The molecule has 1 amide bonds. The van der Waals surface area contributed by atoms with Gasteiger partial charge in [0.25, 0.3) is 5.91 Å². The molecule has 0 radical (unpaired) electrons. The van der Waals surface area contributed by atoms with E-state index in [1.807, 2.05) is 31.2 Å². The van der Waals surface area contributed by atoms with Crippen LogP contribution in [0.1, 0.15) is 21.8 Å². The molecule has 7 heteroatoms. The number of amides is 1. The van der Waals surface area contributed by atoms with Crippen LogP contribution in [-0.4, -0.2) is 21.0 Å². The summed E-state index contributed by atoms with van der Waals surface area (Å²) in [5, 5.41) is 9.45. The fraction of sp³-hybridized carbons (Fsp3) is 0.125. The number of para-hydroxylation sites is 1. The Morgan fingerprint density at radius 1 is 1.09 bits per heavy atom. The first-order chi connectivity index (χ1) is 11.1. The summed E-state index contributed by atoms with van der Waals surface area (Å²) < 4.78 is 4.89. The Kier molecular flexibility index (Phi) is 4.01. The van der Waals surface area contributed by atoms with Gasteiger partial charge in [0.05, 0.1) is 12.4 Å². The normalized spacial score (nSPS) is 10.3. The van der Waals surface area contributed by atoms with Gasteiger partial charge < -0.3 is 15.2 Å². The van der Waals surface area contributed by atoms with Crippen LogP contribution in [0, 0.1) is 13.8 Å². The van der Waals surface area contributed by atoms with Crippen molar-refractivity contribution in [3.63, 3.8) is 0 Å². The molecule has 0 spiro atoms. The van der Waals surface area contributed by atoms with Crippen molar-refractivity contribution >= 4 is 23.2 Å². The standard InChI is InChI=1S/C16H15N5O2/c1-10-5-3-4-6-12(10)19-15-9-17-13(8-18-15)16(22)20-14-7-11(2)23-21-14/h3-9H,1-2H3,(H,18,19)(H,20,21,22). The van der Waals surface area contributed by atoms with E-state index >= 15 is 0 Å². The number of aromatic nitrogens is 3. The van der Waals surface area contributed by atoms with Gasteiger partial charge in [-0.3, -0.25) is 4.79 Å². The molecule has 0 unspecified atom stereocenters. The van der Waals surface area contributed by atoms with E-state index in [1.165, 1.54) is 12.4 Å². The summed E-state index contributed by atoms with van der Waals surface area (Å²) in [4.78, 5) is 20.3. The number of nitrogens with zero attached hydrogens (tertiary/aromatic N) is 3. The maximum absolute atomic E-state index is 12.0. The maximum atomic E-state index is 12.0.